The van der Waals surface area contributed by atoms with Gasteiger partial charge in [0.1, 0.15) is 5.82 Å². The highest BCUT2D eigenvalue weighted by Gasteiger charge is 2.32. The average molecular weight is 329 g/mol. The van der Waals surface area contributed by atoms with Crippen molar-refractivity contribution in [3.63, 3.8) is 0 Å². The van der Waals surface area contributed by atoms with E-state index in [0.717, 1.165) is 29.7 Å². The van der Waals surface area contributed by atoms with E-state index in [2.05, 4.69) is 10.4 Å². The summed E-state index contributed by atoms with van der Waals surface area (Å²) in [4.78, 5) is 12.3. The maximum absolute atomic E-state index is 13.3. The van der Waals surface area contributed by atoms with Gasteiger partial charge in [0.2, 0.25) is 5.91 Å². The number of ether oxygens (including phenoxy) is 1. The Morgan fingerprint density at radius 1 is 1.29 bits per heavy atom. The van der Waals surface area contributed by atoms with Crippen LogP contribution in [-0.4, -0.2) is 28.9 Å². The summed E-state index contributed by atoms with van der Waals surface area (Å²) in [6.45, 7) is 0.949. The van der Waals surface area contributed by atoms with Gasteiger partial charge in [-0.15, -0.1) is 0 Å². The number of anilines is 1. The molecule has 24 heavy (non-hydrogen) atoms. The number of carbonyl (C=O) groups is 1. The lowest BCUT2D eigenvalue weighted by molar-refractivity contribution is -0.133. The van der Waals surface area contributed by atoms with Crippen molar-refractivity contribution < 1.29 is 13.9 Å². The smallest absolute Gasteiger partial charge is 0.233 e. The summed E-state index contributed by atoms with van der Waals surface area (Å²) < 4.78 is 20.1. The van der Waals surface area contributed by atoms with Gasteiger partial charge < -0.3 is 10.1 Å². The molecule has 2 fully saturated rings. The van der Waals surface area contributed by atoms with E-state index in [0.29, 0.717) is 24.9 Å². The van der Waals surface area contributed by atoms with Crippen LogP contribution in [0.25, 0.3) is 11.3 Å². The summed E-state index contributed by atoms with van der Waals surface area (Å²) in [5, 5.41) is 7.52. The zero-order valence-electron chi connectivity index (χ0n) is 13.6. The van der Waals surface area contributed by atoms with E-state index in [1.807, 2.05) is 7.05 Å². The van der Waals surface area contributed by atoms with Crippen LogP contribution >= 0.6 is 0 Å². The van der Waals surface area contributed by atoms with E-state index in [1.54, 1.807) is 16.8 Å². The second-order valence-electron chi connectivity index (χ2n) is 6.59. The molecular formula is C18H20FN3O2. The highest BCUT2D eigenvalue weighted by Crippen LogP contribution is 2.44. The molecule has 0 spiro atoms. The predicted octanol–water partition coefficient (Wildman–Crippen LogP) is 3.08. The molecule has 1 N–H and O–H groups in total. The van der Waals surface area contributed by atoms with Gasteiger partial charge in [-0.25, -0.2) is 4.39 Å². The maximum atomic E-state index is 13.3. The molecule has 2 aliphatic rings. The fraction of sp³-hybridized carbons (Fsp3) is 0.444. The molecular weight excluding hydrogens is 309 g/mol. The third-order valence-corrected chi connectivity index (χ3v) is 4.97. The van der Waals surface area contributed by atoms with Crippen molar-refractivity contribution in [1.29, 1.82) is 0 Å². The normalized spacial score (nSPS) is 18.1. The first-order valence-electron chi connectivity index (χ1n) is 8.35. The second-order valence-corrected chi connectivity index (χ2v) is 6.59. The molecule has 0 atom stereocenters. The molecule has 0 radical (unpaired) electrons. The Morgan fingerprint density at radius 3 is 2.54 bits per heavy atom. The number of aryl methyl sites for hydroxylation is 1. The summed E-state index contributed by atoms with van der Waals surface area (Å²) in [6, 6.07) is 6.44. The van der Waals surface area contributed by atoms with Gasteiger partial charge in [-0.05, 0) is 43.0 Å². The van der Waals surface area contributed by atoms with Crippen LogP contribution in [0.5, 0.6) is 0 Å². The molecule has 1 aromatic carbocycles. The second kappa shape index (κ2) is 6.02. The Balaban J connectivity index is 1.72. The van der Waals surface area contributed by atoms with Crippen molar-refractivity contribution in [3.8, 4) is 11.3 Å². The molecule has 2 heterocycles. The largest absolute Gasteiger partial charge is 0.380 e. The molecule has 2 aromatic rings. The zero-order valence-corrected chi connectivity index (χ0v) is 13.6. The van der Waals surface area contributed by atoms with Crippen LogP contribution in [0.15, 0.2) is 24.3 Å². The minimum atomic E-state index is -0.260. The summed E-state index contributed by atoms with van der Waals surface area (Å²) in [6.07, 6.45) is 3.37. The molecule has 126 valence electrons. The minimum Gasteiger partial charge on any atom is -0.380 e. The Bertz CT molecular complexity index is 761. The highest BCUT2D eigenvalue weighted by atomic mass is 19.1. The Kier molecular flexibility index (Phi) is 3.84. The fourth-order valence-electron chi connectivity index (χ4n) is 3.27. The number of hydrogen-bond donors (Lipinski definition) is 1. The molecule has 0 bridgehead atoms. The molecule has 5 nitrogen and oxygen atoms in total. The van der Waals surface area contributed by atoms with E-state index >= 15 is 0 Å². The molecule has 1 amide bonds. The lowest BCUT2D eigenvalue weighted by atomic mass is 9.79. The molecule has 4 rings (SSSR count). The van der Waals surface area contributed by atoms with Crippen molar-refractivity contribution in [2.24, 2.45) is 13.0 Å². The van der Waals surface area contributed by atoms with Crippen molar-refractivity contribution in [2.75, 3.05) is 18.5 Å². The van der Waals surface area contributed by atoms with Gasteiger partial charge in [0.05, 0.1) is 24.8 Å². The van der Waals surface area contributed by atoms with Crippen LogP contribution in [-0.2, 0) is 16.6 Å². The van der Waals surface area contributed by atoms with Crippen molar-refractivity contribution in [3.05, 3.63) is 35.6 Å². The molecule has 0 unspecified atom stereocenters. The summed E-state index contributed by atoms with van der Waals surface area (Å²) in [5.74, 6) is 0.649. The zero-order chi connectivity index (χ0) is 16.7. The van der Waals surface area contributed by atoms with Crippen LogP contribution in [0.1, 0.15) is 30.7 Å². The molecule has 1 aromatic heterocycles. The van der Waals surface area contributed by atoms with Crippen molar-refractivity contribution in [2.45, 2.75) is 25.2 Å². The van der Waals surface area contributed by atoms with Gasteiger partial charge in [0.25, 0.3) is 0 Å². The van der Waals surface area contributed by atoms with E-state index in [4.69, 9.17) is 4.74 Å². The third kappa shape index (κ3) is 2.60. The first kappa shape index (κ1) is 15.3. The van der Waals surface area contributed by atoms with Gasteiger partial charge in [0, 0.05) is 18.2 Å². The van der Waals surface area contributed by atoms with Gasteiger partial charge in [0.15, 0.2) is 5.82 Å². The number of benzene rings is 1. The fourth-order valence-corrected chi connectivity index (χ4v) is 3.27. The number of carbonyl (C=O) groups excluding carboxylic acids is 1. The molecule has 1 aliphatic heterocycles. The van der Waals surface area contributed by atoms with Crippen LogP contribution < -0.4 is 5.32 Å². The van der Waals surface area contributed by atoms with Gasteiger partial charge >= 0.3 is 0 Å². The maximum Gasteiger partial charge on any atom is 0.233 e. The number of halogens is 1. The molecule has 1 aliphatic carbocycles. The van der Waals surface area contributed by atoms with Gasteiger partial charge in [-0.2, -0.15) is 5.10 Å². The number of aromatic nitrogens is 2. The summed E-state index contributed by atoms with van der Waals surface area (Å²) in [5.41, 5.74) is 2.95. The lowest BCUT2D eigenvalue weighted by Crippen LogP contribution is -2.38. The van der Waals surface area contributed by atoms with Crippen molar-refractivity contribution >= 4 is 11.7 Å². The lowest BCUT2D eigenvalue weighted by Gasteiger charge is -2.28. The van der Waals surface area contributed by atoms with E-state index in [1.165, 1.54) is 18.6 Å². The minimum absolute atomic E-state index is 0.0365. The van der Waals surface area contributed by atoms with Gasteiger partial charge in [-0.1, -0.05) is 6.42 Å². The number of nitrogens with zero attached hydrogens (tertiary/aromatic N) is 2. The number of rotatable bonds is 4. The number of amides is 1. The summed E-state index contributed by atoms with van der Waals surface area (Å²) >= 11 is 0. The summed E-state index contributed by atoms with van der Waals surface area (Å²) in [7, 11) is 1.86. The first-order chi connectivity index (χ1) is 11.6. The van der Waals surface area contributed by atoms with Crippen LogP contribution in [0.2, 0.25) is 0 Å². The topological polar surface area (TPSA) is 56.2 Å². The highest BCUT2D eigenvalue weighted by molar-refractivity contribution is 5.94. The van der Waals surface area contributed by atoms with Crippen LogP contribution in [0, 0.1) is 11.7 Å². The van der Waals surface area contributed by atoms with Gasteiger partial charge in [-0.3, -0.25) is 9.48 Å². The van der Waals surface area contributed by atoms with Crippen molar-refractivity contribution in [1.82, 2.24) is 9.78 Å². The Hall–Kier alpha value is -2.21. The molecule has 1 saturated heterocycles. The number of nitrogens with one attached hydrogen (secondary N) is 1. The molecule has 1 saturated carbocycles. The SMILES string of the molecule is Cn1nc(NC(=O)C2COC2)c(C2CCC2)c1-c1ccc(F)cc1. The predicted molar refractivity (Wildman–Crippen MR) is 88.1 cm³/mol. The Morgan fingerprint density at radius 2 is 2.00 bits per heavy atom. The van der Waals surface area contributed by atoms with E-state index < -0.39 is 0 Å². The Labute approximate surface area is 139 Å². The first-order valence-corrected chi connectivity index (χ1v) is 8.35. The monoisotopic (exact) mass is 329 g/mol. The standard InChI is InChI=1S/C18H20FN3O2/c1-22-16(12-5-7-14(19)8-6-12)15(11-3-2-4-11)17(21-22)20-18(23)13-9-24-10-13/h5-8,11,13H,2-4,9-10H2,1H3,(H,20,21,23). The average Bonchev–Trinajstić information content (AvgIpc) is 2.73. The van der Waals surface area contributed by atoms with E-state index in [9.17, 15) is 9.18 Å². The number of hydrogen-bond acceptors (Lipinski definition) is 3. The third-order valence-electron chi connectivity index (χ3n) is 4.97. The van der Waals surface area contributed by atoms with E-state index in [-0.39, 0.29) is 17.6 Å². The van der Waals surface area contributed by atoms with Crippen LogP contribution in [0.4, 0.5) is 10.2 Å². The molecule has 6 heteroatoms. The quantitative estimate of drug-likeness (QED) is 0.938. The van der Waals surface area contributed by atoms with Crippen LogP contribution in [0.3, 0.4) is 0 Å².